The Kier molecular flexibility index (Phi) is 5.96. The van der Waals surface area contributed by atoms with Crippen LogP contribution in [0.15, 0.2) is 12.1 Å². The van der Waals surface area contributed by atoms with Gasteiger partial charge in [0.15, 0.2) is 0 Å². The van der Waals surface area contributed by atoms with E-state index in [1.165, 1.54) is 7.11 Å². The smallest absolute Gasteiger partial charge is 0.338 e. The zero-order valence-corrected chi connectivity index (χ0v) is 11.0. The number of esters is 1. The third-order valence-corrected chi connectivity index (χ3v) is 2.27. The summed E-state index contributed by atoms with van der Waals surface area (Å²) in [6.45, 7) is 7.67. The monoisotopic (exact) mass is 236 g/mol. The highest BCUT2D eigenvalue weighted by molar-refractivity contribution is 6.00. The van der Waals surface area contributed by atoms with Crippen LogP contribution in [0.4, 0.5) is 0 Å². The minimum absolute atomic E-state index is 0.0438. The lowest BCUT2D eigenvalue weighted by atomic mass is 9.99. The average molecular weight is 236 g/mol. The highest BCUT2D eigenvalue weighted by Gasteiger charge is 2.13. The topological polar surface area (TPSA) is 76.2 Å². The van der Waals surface area contributed by atoms with E-state index in [0.717, 1.165) is 11.1 Å². The Balaban J connectivity index is 0.00000121. The molecule has 0 atom stereocenters. The van der Waals surface area contributed by atoms with Crippen LogP contribution < -0.4 is 5.73 Å². The Morgan fingerprint density at radius 3 is 2.06 bits per heavy atom. The second-order valence-electron chi connectivity index (χ2n) is 3.39. The van der Waals surface area contributed by atoms with Crippen molar-refractivity contribution in [1.29, 1.82) is 5.41 Å². The standard InChI is InChI=1S/C11H14N2O2.C2H6/c1-6-4-7(2)9(11(14)15-3)5-8(6)10(12)13;1-2/h4-5H,1-3H3,(H3,12,13);1-2H3. The minimum atomic E-state index is -0.407. The predicted molar refractivity (Wildman–Crippen MR) is 69.6 cm³/mol. The fourth-order valence-corrected chi connectivity index (χ4v) is 1.47. The summed E-state index contributed by atoms with van der Waals surface area (Å²) in [5.74, 6) is -0.451. The van der Waals surface area contributed by atoms with Gasteiger partial charge in [0.2, 0.25) is 0 Å². The zero-order valence-electron chi connectivity index (χ0n) is 11.0. The largest absolute Gasteiger partial charge is 0.465 e. The number of ether oxygens (including phenoxy) is 1. The molecule has 0 aliphatic rings. The molecule has 0 aliphatic carbocycles. The van der Waals surface area contributed by atoms with Crippen molar-refractivity contribution in [2.45, 2.75) is 27.7 Å². The molecule has 1 rings (SSSR count). The van der Waals surface area contributed by atoms with Crippen molar-refractivity contribution in [3.05, 3.63) is 34.4 Å². The van der Waals surface area contributed by atoms with E-state index in [-0.39, 0.29) is 5.84 Å². The van der Waals surface area contributed by atoms with Crippen LogP contribution in [-0.2, 0) is 4.74 Å². The summed E-state index contributed by atoms with van der Waals surface area (Å²) < 4.78 is 4.64. The van der Waals surface area contributed by atoms with Crippen molar-refractivity contribution in [1.82, 2.24) is 0 Å². The third kappa shape index (κ3) is 3.59. The van der Waals surface area contributed by atoms with Crippen molar-refractivity contribution in [2.75, 3.05) is 7.11 Å². The molecule has 4 nitrogen and oxygen atoms in total. The first-order chi connectivity index (χ1) is 7.97. The maximum absolute atomic E-state index is 11.4. The lowest BCUT2D eigenvalue weighted by molar-refractivity contribution is 0.0600. The van der Waals surface area contributed by atoms with Crippen LogP contribution in [0.3, 0.4) is 0 Å². The molecule has 0 spiro atoms. The van der Waals surface area contributed by atoms with Gasteiger partial charge in [-0.05, 0) is 31.0 Å². The Morgan fingerprint density at radius 2 is 1.65 bits per heavy atom. The third-order valence-electron chi connectivity index (χ3n) is 2.27. The van der Waals surface area contributed by atoms with Gasteiger partial charge in [-0.25, -0.2) is 4.79 Å². The van der Waals surface area contributed by atoms with Crippen molar-refractivity contribution in [3.8, 4) is 0 Å². The number of aryl methyl sites for hydroxylation is 2. The van der Waals surface area contributed by atoms with Crippen LogP contribution in [0.25, 0.3) is 0 Å². The molecule has 0 saturated carbocycles. The number of hydrogen-bond donors (Lipinski definition) is 2. The summed E-state index contributed by atoms with van der Waals surface area (Å²) in [6, 6.07) is 3.42. The second-order valence-corrected chi connectivity index (χ2v) is 3.39. The Labute approximate surface area is 102 Å². The molecule has 3 N–H and O–H groups in total. The van der Waals surface area contributed by atoms with E-state index in [4.69, 9.17) is 11.1 Å². The van der Waals surface area contributed by atoms with Gasteiger partial charge in [-0.1, -0.05) is 19.9 Å². The lowest BCUT2D eigenvalue weighted by Gasteiger charge is -2.09. The summed E-state index contributed by atoms with van der Waals surface area (Å²) in [5, 5.41) is 7.37. The van der Waals surface area contributed by atoms with Crippen molar-refractivity contribution >= 4 is 11.8 Å². The zero-order chi connectivity index (χ0) is 13.6. The van der Waals surface area contributed by atoms with Crippen molar-refractivity contribution < 1.29 is 9.53 Å². The van der Waals surface area contributed by atoms with Gasteiger partial charge in [0.1, 0.15) is 5.84 Å². The van der Waals surface area contributed by atoms with Crippen LogP contribution in [0, 0.1) is 19.3 Å². The maximum atomic E-state index is 11.4. The maximum Gasteiger partial charge on any atom is 0.338 e. The number of amidine groups is 1. The minimum Gasteiger partial charge on any atom is -0.465 e. The van der Waals surface area contributed by atoms with Crippen LogP contribution in [0.1, 0.15) is 40.9 Å². The van der Waals surface area contributed by atoms with E-state index in [9.17, 15) is 4.79 Å². The number of nitrogen functional groups attached to an aromatic ring is 1. The van der Waals surface area contributed by atoms with E-state index in [0.29, 0.717) is 11.1 Å². The molecule has 0 amide bonds. The van der Waals surface area contributed by atoms with Gasteiger partial charge >= 0.3 is 5.97 Å². The number of nitrogens with two attached hydrogens (primary N) is 1. The molecule has 0 radical (unpaired) electrons. The van der Waals surface area contributed by atoms with Crippen LogP contribution in [0.2, 0.25) is 0 Å². The molecule has 0 fully saturated rings. The van der Waals surface area contributed by atoms with E-state index in [1.54, 1.807) is 6.07 Å². The fourth-order valence-electron chi connectivity index (χ4n) is 1.47. The van der Waals surface area contributed by atoms with Gasteiger partial charge in [-0.15, -0.1) is 0 Å². The van der Waals surface area contributed by atoms with Gasteiger partial charge in [-0.3, -0.25) is 5.41 Å². The summed E-state index contributed by atoms with van der Waals surface area (Å²) in [7, 11) is 1.33. The number of carbonyl (C=O) groups excluding carboxylic acids is 1. The molecule has 0 bridgehead atoms. The van der Waals surface area contributed by atoms with Gasteiger partial charge in [0, 0.05) is 5.56 Å². The van der Waals surface area contributed by atoms with Gasteiger partial charge in [0.25, 0.3) is 0 Å². The SMILES string of the molecule is CC.COC(=O)c1cc(C(=N)N)c(C)cc1C. The number of carbonyl (C=O) groups is 1. The van der Waals surface area contributed by atoms with Crippen molar-refractivity contribution in [2.24, 2.45) is 5.73 Å². The average Bonchev–Trinajstić information content (AvgIpc) is 2.30. The van der Waals surface area contributed by atoms with Gasteiger partial charge in [0.05, 0.1) is 12.7 Å². The first-order valence-corrected chi connectivity index (χ1v) is 5.51. The Morgan fingerprint density at radius 1 is 1.18 bits per heavy atom. The summed E-state index contributed by atoms with van der Waals surface area (Å²) in [6.07, 6.45) is 0. The van der Waals surface area contributed by atoms with E-state index in [2.05, 4.69) is 4.74 Å². The molecule has 0 unspecified atom stereocenters. The summed E-state index contributed by atoms with van der Waals surface area (Å²) >= 11 is 0. The first-order valence-electron chi connectivity index (χ1n) is 5.51. The van der Waals surface area contributed by atoms with E-state index < -0.39 is 5.97 Å². The summed E-state index contributed by atoms with van der Waals surface area (Å²) in [4.78, 5) is 11.4. The number of methoxy groups -OCH3 is 1. The Hall–Kier alpha value is -1.84. The number of benzene rings is 1. The van der Waals surface area contributed by atoms with Crippen molar-refractivity contribution in [3.63, 3.8) is 0 Å². The molecule has 17 heavy (non-hydrogen) atoms. The highest BCUT2D eigenvalue weighted by Crippen LogP contribution is 2.16. The molecule has 0 aliphatic heterocycles. The molecule has 94 valence electrons. The van der Waals surface area contributed by atoms with Crippen LogP contribution in [-0.4, -0.2) is 18.9 Å². The predicted octanol–water partition coefficient (Wildman–Crippen LogP) is 2.40. The number of nitrogens with one attached hydrogen (secondary N) is 1. The molecular formula is C13H20N2O2. The first kappa shape index (κ1) is 15.2. The fraction of sp³-hybridized carbons (Fsp3) is 0.385. The molecule has 0 saturated heterocycles. The lowest BCUT2D eigenvalue weighted by Crippen LogP contribution is -2.15. The molecule has 1 aromatic carbocycles. The van der Waals surface area contributed by atoms with Gasteiger partial charge in [-0.2, -0.15) is 0 Å². The molecule has 4 heteroatoms. The second kappa shape index (κ2) is 6.68. The molecular weight excluding hydrogens is 216 g/mol. The molecule has 1 aromatic rings. The van der Waals surface area contributed by atoms with E-state index >= 15 is 0 Å². The Bertz CT molecular complexity index is 426. The van der Waals surface area contributed by atoms with Crippen LogP contribution >= 0.6 is 0 Å². The summed E-state index contributed by atoms with van der Waals surface area (Å²) in [5.41, 5.74) is 8.13. The van der Waals surface area contributed by atoms with Crippen LogP contribution in [0.5, 0.6) is 0 Å². The van der Waals surface area contributed by atoms with E-state index in [1.807, 2.05) is 33.8 Å². The molecule has 0 heterocycles. The highest BCUT2D eigenvalue weighted by atomic mass is 16.5. The normalized spacial score (nSPS) is 9.00. The van der Waals surface area contributed by atoms with Gasteiger partial charge < -0.3 is 10.5 Å². The molecule has 0 aromatic heterocycles. The number of hydrogen-bond acceptors (Lipinski definition) is 3. The quantitative estimate of drug-likeness (QED) is 0.470. The number of rotatable bonds is 2.